The molecule has 2 rings (SSSR count). The Morgan fingerprint density at radius 2 is 2.05 bits per heavy atom. The zero-order valence-electron chi connectivity index (χ0n) is 10.2. The Kier molecular flexibility index (Phi) is 3.79. The SMILES string of the molecule is O=[N+]([O-])c1ccc(C2(C(F)(F)F)N=CON2)c(S(=O)(=O)Cl)c1. The minimum atomic E-state index is -5.10. The van der Waals surface area contributed by atoms with Gasteiger partial charge in [0.1, 0.15) is 0 Å². The largest absolute Gasteiger partial charge is 0.434 e. The molecule has 13 heteroatoms. The van der Waals surface area contributed by atoms with Crippen LogP contribution in [0.25, 0.3) is 0 Å². The van der Waals surface area contributed by atoms with Gasteiger partial charge in [-0.05, 0) is 6.07 Å². The first-order valence-electron chi connectivity index (χ1n) is 5.26. The van der Waals surface area contributed by atoms with E-state index in [0.29, 0.717) is 24.6 Å². The van der Waals surface area contributed by atoms with E-state index in [0.717, 1.165) is 0 Å². The molecular weight excluding hydrogens is 355 g/mol. The third kappa shape index (κ3) is 2.60. The number of nitro groups is 1. The van der Waals surface area contributed by atoms with Crippen molar-refractivity contribution < 1.29 is 31.3 Å². The molecule has 0 spiro atoms. The number of aliphatic imine (C=N–C) groups is 1. The van der Waals surface area contributed by atoms with Crippen molar-refractivity contribution in [3.8, 4) is 0 Å². The fourth-order valence-electron chi connectivity index (χ4n) is 1.78. The van der Waals surface area contributed by atoms with Gasteiger partial charge in [-0.1, -0.05) is 0 Å². The Hall–Kier alpha value is -1.92. The maximum Gasteiger partial charge on any atom is 0.434 e. The van der Waals surface area contributed by atoms with Crippen LogP contribution >= 0.6 is 10.7 Å². The summed E-state index contributed by atoms with van der Waals surface area (Å²) < 4.78 is 62.9. The first kappa shape index (κ1) is 16.5. The maximum absolute atomic E-state index is 13.3. The van der Waals surface area contributed by atoms with Gasteiger partial charge in [0.05, 0.1) is 9.82 Å². The van der Waals surface area contributed by atoms with Crippen molar-refractivity contribution in [1.29, 1.82) is 0 Å². The van der Waals surface area contributed by atoms with Crippen LogP contribution in [0.3, 0.4) is 0 Å². The van der Waals surface area contributed by atoms with Gasteiger partial charge in [0, 0.05) is 28.4 Å². The molecule has 1 heterocycles. The van der Waals surface area contributed by atoms with Crippen LogP contribution in [0.4, 0.5) is 18.9 Å². The van der Waals surface area contributed by atoms with E-state index < -0.39 is 42.0 Å². The number of rotatable bonds is 3. The Morgan fingerprint density at radius 3 is 2.45 bits per heavy atom. The van der Waals surface area contributed by atoms with Crippen molar-refractivity contribution in [2.24, 2.45) is 4.99 Å². The Labute approximate surface area is 125 Å². The highest BCUT2D eigenvalue weighted by molar-refractivity contribution is 8.13. The average molecular weight is 360 g/mol. The smallest absolute Gasteiger partial charge is 0.394 e. The standard InChI is InChI=1S/C9H5ClF3N3O5S/c10-22(19,20)7-3-5(16(17)18)1-2-6(7)8(9(11,12)13)14-4-21-15-8/h1-4,15H. The number of nitrogens with zero attached hydrogens (tertiary/aromatic N) is 2. The molecule has 22 heavy (non-hydrogen) atoms. The van der Waals surface area contributed by atoms with Crippen LogP contribution in [0.2, 0.25) is 0 Å². The number of hydrogen-bond donors (Lipinski definition) is 1. The summed E-state index contributed by atoms with van der Waals surface area (Å²) in [5.74, 6) is 0. The van der Waals surface area contributed by atoms with E-state index in [1.165, 1.54) is 0 Å². The van der Waals surface area contributed by atoms with E-state index in [4.69, 9.17) is 10.7 Å². The van der Waals surface area contributed by atoms with Crippen molar-refractivity contribution >= 4 is 31.8 Å². The molecular formula is C9H5ClF3N3O5S. The van der Waals surface area contributed by atoms with Crippen molar-refractivity contribution in [3.05, 3.63) is 33.9 Å². The van der Waals surface area contributed by atoms with Crippen LogP contribution in [0.5, 0.6) is 0 Å². The molecule has 1 aromatic carbocycles. The van der Waals surface area contributed by atoms with E-state index in [1.807, 2.05) is 0 Å². The van der Waals surface area contributed by atoms with Crippen LogP contribution < -0.4 is 5.48 Å². The Morgan fingerprint density at radius 1 is 1.41 bits per heavy atom. The molecule has 8 nitrogen and oxygen atoms in total. The van der Waals surface area contributed by atoms with Crippen LogP contribution in [0.1, 0.15) is 5.56 Å². The second kappa shape index (κ2) is 5.07. The summed E-state index contributed by atoms with van der Waals surface area (Å²) >= 11 is 0. The molecule has 0 saturated carbocycles. The first-order valence-corrected chi connectivity index (χ1v) is 7.57. The van der Waals surface area contributed by atoms with Gasteiger partial charge in [-0.25, -0.2) is 13.4 Å². The number of benzene rings is 1. The van der Waals surface area contributed by atoms with E-state index in [1.54, 1.807) is 5.48 Å². The zero-order valence-corrected chi connectivity index (χ0v) is 11.7. The molecule has 1 unspecified atom stereocenters. The van der Waals surface area contributed by atoms with E-state index >= 15 is 0 Å². The fourth-order valence-corrected chi connectivity index (χ4v) is 2.90. The maximum atomic E-state index is 13.3. The minimum absolute atomic E-state index is 0.417. The first-order chi connectivity index (χ1) is 9.99. The number of alkyl halides is 3. The summed E-state index contributed by atoms with van der Waals surface area (Å²) in [7, 11) is 0.366. The lowest BCUT2D eigenvalue weighted by atomic mass is 10.00. The van der Waals surface area contributed by atoms with Crippen molar-refractivity contribution in [3.63, 3.8) is 0 Å². The van der Waals surface area contributed by atoms with Gasteiger partial charge in [0.25, 0.3) is 20.4 Å². The van der Waals surface area contributed by atoms with Crippen molar-refractivity contribution in [2.45, 2.75) is 16.7 Å². The molecule has 0 bridgehead atoms. The van der Waals surface area contributed by atoms with Crippen LogP contribution in [0, 0.1) is 10.1 Å². The van der Waals surface area contributed by atoms with E-state index in [-0.39, 0.29) is 0 Å². The molecule has 1 aliphatic heterocycles. The van der Waals surface area contributed by atoms with Gasteiger partial charge in [-0.3, -0.25) is 10.1 Å². The number of hydroxylamine groups is 1. The minimum Gasteiger partial charge on any atom is -0.394 e. The summed E-state index contributed by atoms with van der Waals surface area (Å²) in [6.07, 6.45) is -4.67. The monoisotopic (exact) mass is 359 g/mol. The molecule has 120 valence electrons. The zero-order chi connectivity index (χ0) is 16.8. The lowest BCUT2D eigenvalue weighted by Crippen LogP contribution is -2.50. The van der Waals surface area contributed by atoms with Gasteiger partial charge in [-0.15, -0.1) is 5.48 Å². The molecule has 0 fully saturated rings. The number of halogens is 4. The summed E-state index contributed by atoms with van der Waals surface area (Å²) in [6.45, 7) is 0. The van der Waals surface area contributed by atoms with Crippen molar-refractivity contribution in [1.82, 2.24) is 5.48 Å². The van der Waals surface area contributed by atoms with Crippen LogP contribution in [-0.2, 0) is 19.6 Å². The van der Waals surface area contributed by atoms with Gasteiger partial charge in [0.15, 0.2) is 6.40 Å². The molecule has 1 N–H and O–H groups in total. The Bertz CT molecular complexity index is 766. The molecule has 0 amide bonds. The van der Waals surface area contributed by atoms with Gasteiger partial charge >= 0.3 is 6.18 Å². The fraction of sp³-hybridized carbons (Fsp3) is 0.222. The Balaban J connectivity index is 2.80. The summed E-state index contributed by atoms with van der Waals surface area (Å²) in [5.41, 5.74) is -3.39. The number of nitro benzene ring substituents is 1. The van der Waals surface area contributed by atoms with Gasteiger partial charge in [0.2, 0.25) is 0 Å². The topological polar surface area (TPSA) is 111 Å². The quantitative estimate of drug-likeness (QED) is 0.500. The molecule has 0 radical (unpaired) electrons. The number of nitrogens with one attached hydrogen (secondary N) is 1. The third-order valence-electron chi connectivity index (χ3n) is 2.74. The summed E-state index contributed by atoms with van der Waals surface area (Å²) in [4.78, 5) is 15.9. The highest BCUT2D eigenvalue weighted by Crippen LogP contribution is 2.45. The highest BCUT2D eigenvalue weighted by atomic mass is 35.7. The summed E-state index contributed by atoms with van der Waals surface area (Å²) in [6, 6.07) is 1.71. The average Bonchev–Trinajstić information content (AvgIpc) is 2.86. The lowest BCUT2D eigenvalue weighted by Gasteiger charge is -2.28. The summed E-state index contributed by atoms with van der Waals surface area (Å²) in [5, 5.41) is 10.7. The van der Waals surface area contributed by atoms with Crippen molar-refractivity contribution in [2.75, 3.05) is 0 Å². The molecule has 0 saturated heterocycles. The molecule has 0 aromatic heterocycles. The second-order valence-corrected chi connectivity index (χ2v) is 6.57. The van der Waals surface area contributed by atoms with Crippen LogP contribution in [-0.4, -0.2) is 25.9 Å². The van der Waals surface area contributed by atoms with Gasteiger partial charge < -0.3 is 4.84 Å². The predicted molar refractivity (Wildman–Crippen MR) is 66.6 cm³/mol. The number of hydrogen-bond acceptors (Lipinski definition) is 7. The molecule has 1 aromatic rings. The van der Waals surface area contributed by atoms with Crippen LogP contribution in [0.15, 0.2) is 28.1 Å². The third-order valence-corrected chi connectivity index (χ3v) is 4.11. The molecule has 0 aliphatic carbocycles. The molecule has 1 aliphatic rings. The highest BCUT2D eigenvalue weighted by Gasteiger charge is 2.61. The van der Waals surface area contributed by atoms with E-state index in [9.17, 15) is 31.7 Å². The van der Waals surface area contributed by atoms with Gasteiger partial charge in [-0.2, -0.15) is 13.2 Å². The normalized spacial score (nSPS) is 21.6. The number of non-ortho nitro benzene ring substituents is 1. The predicted octanol–water partition coefficient (Wildman–Crippen LogP) is 1.80. The lowest BCUT2D eigenvalue weighted by molar-refractivity contribution is -0.385. The second-order valence-electron chi connectivity index (χ2n) is 4.04. The molecule has 1 atom stereocenters. The van der Waals surface area contributed by atoms with E-state index in [2.05, 4.69) is 9.83 Å².